The molecule has 3 heteroatoms. The predicted molar refractivity (Wildman–Crippen MR) is 70.4 cm³/mol. The van der Waals surface area contributed by atoms with Gasteiger partial charge in [-0.3, -0.25) is 0 Å². The van der Waals surface area contributed by atoms with Crippen molar-refractivity contribution in [3.8, 4) is 0 Å². The molecule has 0 saturated heterocycles. The van der Waals surface area contributed by atoms with Gasteiger partial charge in [0.25, 0.3) is 0 Å². The molecule has 2 aromatic rings. The summed E-state index contributed by atoms with van der Waals surface area (Å²) in [5, 5.41) is 0. The number of aromatic nitrogens is 2. The van der Waals surface area contributed by atoms with Crippen molar-refractivity contribution < 1.29 is 0 Å². The third-order valence-corrected chi connectivity index (χ3v) is 6.09. The first kappa shape index (κ1) is 11.0. The zero-order valence-corrected chi connectivity index (χ0v) is 12.7. The Labute approximate surface area is 111 Å². The average molecular weight is 327 g/mol. The van der Waals surface area contributed by atoms with Gasteiger partial charge in [0.05, 0.1) is 0 Å². The van der Waals surface area contributed by atoms with Crippen molar-refractivity contribution in [2.45, 2.75) is 13.8 Å². The van der Waals surface area contributed by atoms with Crippen LogP contribution in [0.3, 0.4) is 0 Å². The van der Waals surface area contributed by atoms with Crippen molar-refractivity contribution in [1.82, 2.24) is 9.97 Å². The Balaban J connectivity index is 2.15. The molecule has 0 spiro atoms. The minimum absolute atomic E-state index is 0.630. The normalized spacial score (nSPS) is 13.4. The zero-order valence-electron chi connectivity index (χ0n) is 9.86. The van der Waals surface area contributed by atoms with Crippen molar-refractivity contribution in [3.63, 3.8) is 0 Å². The molecule has 2 radical (unpaired) electrons. The molecule has 82 valence electrons. The number of rotatable bonds is 1. The van der Waals surface area contributed by atoms with E-state index in [-0.39, 0.29) is 0 Å². The Morgan fingerprint density at radius 3 is 2.82 bits per heavy atom. The summed E-state index contributed by atoms with van der Waals surface area (Å²) in [4.78, 5) is 8.75. The quantitative estimate of drug-likeness (QED) is 0.747. The van der Waals surface area contributed by atoms with Crippen molar-refractivity contribution >= 4 is 30.4 Å². The molecule has 0 atom stereocenters. The molecule has 2 heterocycles. The van der Waals surface area contributed by atoms with Gasteiger partial charge < -0.3 is 0 Å². The molecule has 1 aromatic heterocycles. The van der Waals surface area contributed by atoms with E-state index < -0.39 is 21.1 Å². The molecule has 0 bridgehead atoms. The molecule has 3 rings (SSSR count). The van der Waals surface area contributed by atoms with Crippen LogP contribution in [-0.2, 0) is 0 Å². The molecule has 0 saturated carbocycles. The second kappa shape index (κ2) is 4.26. The van der Waals surface area contributed by atoms with Gasteiger partial charge in [-0.1, -0.05) is 0 Å². The first-order chi connectivity index (χ1) is 8.25. The van der Waals surface area contributed by atoms with Crippen LogP contribution in [0.1, 0.15) is 22.4 Å². The zero-order chi connectivity index (χ0) is 11.8. The van der Waals surface area contributed by atoms with Crippen molar-refractivity contribution in [2.24, 2.45) is 0 Å². The van der Waals surface area contributed by atoms with Crippen LogP contribution in [0.15, 0.2) is 34.7 Å². The number of aryl methyl sites for hydroxylation is 2. The predicted octanol–water partition coefficient (Wildman–Crippen LogP) is 1.83. The van der Waals surface area contributed by atoms with E-state index in [1.165, 1.54) is 26.0 Å². The number of benzene rings is 1. The maximum absolute atomic E-state index is 4.43. The fraction of sp³-hybridized carbons (Fsp3) is 0.143. The molecule has 1 aromatic carbocycles. The number of nitrogens with zero attached hydrogens (tertiary/aromatic N) is 2. The molecule has 0 N–H and O–H groups in total. The van der Waals surface area contributed by atoms with Crippen LogP contribution >= 0.6 is 0 Å². The minimum atomic E-state index is -0.630. The van der Waals surface area contributed by atoms with Gasteiger partial charge in [0.15, 0.2) is 0 Å². The summed E-state index contributed by atoms with van der Waals surface area (Å²) >= 11 is -0.630. The third kappa shape index (κ3) is 1.90. The molecular formula is C14H12N2Sn. The second-order valence-corrected chi connectivity index (χ2v) is 7.25. The molecule has 1 aliphatic rings. The standard InChI is InChI=1S/C14H12N2.Sn/c1-10-5-4-6-13(7-10)11(2)14-8-15-9-16-12(14)3;/h2,4-7,9H,1,3H3;. The molecule has 0 unspecified atom stereocenters. The fourth-order valence-corrected chi connectivity index (χ4v) is 5.54. The number of hydrogen-bond donors (Lipinski definition) is 0. The van der Waals surface area contributed by atoms with E-state index >= 15 is 0 Å². The molecule has 17 heavy (non-hydrogen) atoms. The average Bonchev–Trinajstić information content (AvgIpc) is 2.74. The summed E-state index contributed by atoms with van der Waals surface area (Å²) in [6, 6.07) is 8.68. The Kier molecular flexibility index (Phi) is 2.74. The van der Waals surface area contributed by atoms with E-state index in [1.54, 1.807) is 6.33 Å². The van der Waals surface area contributed by atoms with Gasteiger partial charge in [-0.25, -0.2) is 0 Å². The SMILES string of the molecule is Cc1cccc(C2=[CH][Sn][c]3ncnc(C)c32)c1. The van der Waals surface area contributed by atoms with E-state index in [1.807, 2.05) is 0 Å². The van der Waals surface area contributed by atoms with E-state index in [9.17, 15) is 0 Å². The van der Waals surface area contributed by atoms with Gasteiger partial charge in [0.1, 0.15) is 0 Å². The Morgan fingerprint density at radius 1 is 1.12 bits per heavy atom. The van der Waals surface area contributed by atoms with Crippen molar-refractivity contribution in [2.75, 3.05) is 0 Å². The van der Waals surface area contributed by atoms with E-state index in [2.05, 4.69) is 52.2 Å². The summed E-state index contributed by atoms with van der Waals surface area (Å²) in [7, 11) is 0. The van der Waals surface area contributed by atoms with E-state index in [4.69, 9.17) is 0 Å². The topological polar surface area (TPSA) is 25.8 Å². The van der Waals surface area contributed by atoms with Crippen LogP contribution < -0.4 is 3.71 Å². The van der Waals surface area contributed by atoms with E-state index in [0.717, 1.165) is 5.69 Å². The summed E-state index contributed by atoms with van der Waals surface area (Å²) in [6.07, 6.45) is 1.70. The van der Waals surface area contributed by atoms with Crippen LogP contribution in [0.4, 0.5) is 0 Å². The van der Waals surface area contributed by atoms with Crippen molar-refractivity contribution in [1.29, 1.82) is 0 Å². The van der Waals surface area contributed by atoms with Crippen LogP contribution in [0.2, 0.25) is 0 Å². The third-order valence-electron chi connectivity index (χ3n) is 2.99. The Bertz CT molecular complexity index is 617. The van der Waals surface area contributed by atoms with Crippen LogP contribution in [-0.4, -0.2) is 31.1 Å². The van der Waals surface area contributed by atoms with Gasteiger partial charge in [-0.15, -0.1) is 0 Å². The van der Waals surface area contributed by atoms with E-state index in [0.29, 0.717) is 0 Å². The Hall–Kier alpha value is -1.16. The van der Waals surface area contributed by atoms with Gasteiger partial charge >= 0.3 is 111 Å². The van der Waals surface area contributed by atoms with Gasteiger partial charge in [-0.05, 0) is 0 Å². The first-order valence-corrected chi connectivity index (χ1v) is 8.69. The van der Waals surface area contributed by atoms with Crippen LogP contribution in [0.25, 0.3) is 5.57 Å². The Morgan fingerprint density at radius 2 is 2.00 bits per heavy atom. The van der Waals surface area contributed by atoms with Crippen LogP contribution in [0.5, 0.6) is 0 Å². The van der Waals surface area contributed by atoms with Crippen molar-refractivity contribution in [3.05, 3.63) is 57.1 Å². The summed E-state index contributed by atoms with van der Waals surface area (Å²) < 4.78 is 3.74. The molecule has 0 aliphatic carbocycles. The second-order valence-electron chi connectivity index (χ2n) is 4.25. The molecule has 1 aliphatic heterocycles. The summed E-state index contributed by atoms with van der Waals surface area (Å²) in [5.41, 5.74) is 6.37. The maximum atomic E-state index is 4.43. The number of fused-ring (bicyclic) bond motifs is 1. The molecule has 2 nitrogen and oxygen atoms in total. The number of hydrogen-bond acceptors (Lipinski definition) is 2. The summed E-state index contributed by atoms with van der Waals surface area (Å²) in [5.74, 6) is 0. The molecule has 0 amide bonds. The molecular weight excluding hydrogens is 315 g/mol. The van der Waals surface area contributed by atoms with Gasteiger partial charge in [0, 0.05) is 0 Å². The van der Waals surface area contributed by atoms with Crippen LogP contribution in [0, 0.1) is 13.8 Å². The fourth-order valence-electron chi connectivity index (χ4n) is 2.16. The monoisotopic (exact) mass is 328 g/mol. The summed E-state index contributed by atoms with van der Waals surface area (Å²) in [6.45, 7) is 4.21. The first-order valence-electron chi connectivity index (χ1n) is 5.61. The van der Waals surface area contributed by atoms with Gasteiger partial charge in [0.2, 0.25) is 0 Å². The molecule has 0 fully saturated rings. The van der Waals surface area contributed by atoms with Gasteiger partial charge in [-0.2, -0.15) is 0 Å².